The normalized spacial score (nSPS) is 23.6. The first-order chi connectivity index (χ1) is 11.7. The van der Waals surface area contributed by atoms with Crippen molar-refractivity contribution in [3.05, 3.63) is 59.7 Å². The van der Waals surface area contributed by atoms with E-state index in [9.17, 15) is 4.79 Å². The molecule has 0 unspecified atom stereocenters. The van der Waals surface area contributed by atoms with E-state index in [0.717, 1.165) is 30.8 Å². The molecule has 2 aliphatic heterocycles. The Bertz CT molecular complexity index is 756. The van der Waals surface area contributed by atoms with Crippen molar-refractivity contribution in [3.63, 3.8) is 0 Å². The van der Waals surface area contributed by atoms with Crippen LogP contribution in [0.25, 0.3) is 0 Å². The number of rotatable bonds is 3. The van der Waals surface area contributed by atoms with E-state index in [1.54, 1.807) is 7.11 Å². The Morgan fingerprint density at radius 1 is 1.12 bits per heavy atom. The second-order valence-electron chi connectivity index (χ2n) is 6.59. The van der Waals surface area contributed by atoms with Crippen molar-refractivity contribution < 1.29 is 9.53 Å². The molecule has 4 rings (SSSR count). The largest absolute Gasteiger partial charge is 0.497 e. The van der Waals surface area contributed by atoms with Gasteiger partial charge in [-0.05, 0) is 37.5 Å². The summed E-state index contributed by atoms with van der Waals surface area (Å²) >= 11 is 0. The molecular weight excluding hydrogens is 300 g/mol. The summed E-state index contributed by atoms with van der Waals surface area (Å²) in [6.45, 7) is 3.05. The topological polar surface area (TPSA) is 32.8 Å². The van der Waals surface area contributed by atoms with Crippen LogP contribution in [0.1, 0.15) is 30.1 Å². The molecule has 2 aromatic rings. The van der Waals surface area contributed by atoms with E-state index in [2.05, 4.69) is 36.1 Å². The second kappa shape index (κ2) is 5.95. The molecule has 2 saturated heterocycles. The minimum Gasteiger partial charge on any atom is -0.497 e. The van der Waals surface area contributed by atoms with Gasteiger partial charge < -0.3 is 4.74 Å². The highest BCUT2D eigenvalue weighted by molar-refractivity contribution is 6.00. The summed E-state index contributed by atoms with van der Waals surface area (Å²) in [5.41, 5.74) is 3.30. The van der Waals surface area contributed by atoms with Crippen LogP contribution in [-0.2, 0) is 4.79 Å². The van der Waals surface area contributed by atoms with Gasteiger partial charge in [0.25, 0.3) is 0 Å². The number of hydrogen-bond acceptors (Lipinski definition) is 3. The van der Waals surface area contributed by atoms with Crippen molar-refractivity contribution in [1.82, 2.24) is 4.90 Å². The number of benzene rings is 2. The molecule has 4 heteroatoms. The van der Waals surface area contributed by atoms with Gasteiger partial charge in [-0.15, -0.1) is 0 Å². The van der Waals surface area contributed by atoms with Gasteiger partial charge in [-0.1, -0.05) is 35.9 Å². The van der Waals surface area contributed by atoms with E-state index in [4.69, 9.17) is 4.74 Å². The fourth-order valence-corrected chi connectivity index (χ4v) is 3.88. The summed E-state index contributed by atoms with van der Waals surface area (Å²) in [7, 11) is 1.65. The van der Waals surface area contributed by atoms with Gasteiger partial charge in [-0.2, -0.15) is 0 Å². The number of aryl methyl sites for hydroxylation is 1. The first-order valence-electron chi connectivity index (χ1n) is 8.48. The molecule has 2 fully saturated rings. The number of ether oxygens (including phenoxy) is 1. The van der Waals surface area contributed by atoms with Crippen LogP contribution < -0.4 is 9.64 Å². The summed E-state index contributed by atoms with van der Waals surface area (Å²) in [5, 5.41) is 0. The molecule has 0 aromatic heterocycles. The number of carbonyl (C=O) groups is 1. The lowest BCUT2D eigenvalue weighted by molar-refractivity contribution is -0.119. The zero-order valence-electron chi connectivity index (χ0n) is 14.1. The molecule has 2 aromatic carbocycles. The Morgan fingerprint density at radius 3 is 2.67 bits per heavy atom. The van der Waals surface area contributed by atoms with Crippen LogP contribution in [0.5, 0.6) is 5.75 Å². The SMILES string of the molecule is COc1cccc(N2C(=O)[C@H]3CCCN3[C@H]2c2ccc(C)cc2)c1. The number of carbonyl (C=O) groups excluding carboxylic acids is 1. The van der Waals surface area contributed by atoms with Crippen LogP contribution in [0, 0.1) is 6.92 Å². The highest BCUT2D eigenvalue weighted by Gasteiger charge is 2.49. The molecule has 2 atom stereocenters. The highest BCUT2D eigenvalue weighted by atomic mass is 16.5. The van der Waals surface area contributed by atoms with Crippen LogP contribution in [0.15, 0.2) is 48.5 Å². The van der Waals surface area contributed by atoms with Gasteiger partial charge in [0.05, 0.1) is 13.2 Å². The van der Waals surface area contributed by atoms with E-state index < -0.39 is 0 Å². The molecule has 0 N–H and O–H groups in total. The minimum atomic E-state index is -0.0299. The third kappa shape index (κ3) is 2.38. The molecule has 124 valence electrons. The fraction of sp³-hybridized carbons (Fsp3) is 0.350. The van der Waals surface area contributed by atoms with Gasteiger partial charge >= 0.3 is 0 Å². The Morgan fingerprint density at radius 2 is 1.92 bits per heavy atom. The molecule has 0 bridgehead atoms. The van der Waals surface area contributed by atoms with Crippen molar-refractivity contribution >= 4 is 11.6 Å². The Balaban J connectivity index is 1.79. The lowest BCUT2D eigenvalue weighted by Gasteiger charge is -2.30. The quantitative estimate of drug-likeness (QED) is 0.867. The molecular formula is C20H22N2O2. The number of methoxy groups -OCH3 is 1. The standard InChI is InChI=1S/C20H22N2O2/c1-14-8-10-15(11-9-14)19-21-12-4-7-18(21)20(23)22(19)16-5-3-6-17(13-16)24-2/h3,5-6,8-11,13,18-19H,4,7,12H2,1-2H3/t18-,19-/m1/s1. The maximum atomic E-state index is 13.1. The minimum absolute atomic E-state index is 0.00232. The first-order valence-corrected chi connectivity index (χ1v) is 8.48. The fourth-order valence-electron chi connectivity index (χ4n) is 3.88. The first kappa shape index (κ1) is 15.2. The van der Waals surface area contributed by atoms with Crippen LogP contribution in [0.3, 0.4) is 0 Å². The van der Waals surface area contributed by atoms with Gasteiger partial charge in [0.15, 0.2) is 0 Å². The second-order valence-corrected chi connectivity index (χ2v) is 6.59. The predicted molar refractivity (Wildman–Crippen MR) is 94.1 cm³/mol. The Hall–Kier alpha value is -2.33. The number of fused-ring (bicyclic) bond motifs is 1. The van der Waals surface area contributed by atoms with Crippen molar-refractivity contribution in [2.45, 2.75) is 32.0 Å². The summed E-state index contributed by atoms with van der Waals surface area (Å²) in [4.78, 5) is 17.4. The molecule has 0 spiro atoms. The maximum absolute atomic E-state index is 13.1. The maximum Gasteiger partial charge on any atom is 0.246 e. The lowest BCUT2D eigenvalue weighted by Crippen LogP contribution is -2.32. The van der Waals surface area contributed by atoms with Crippen molar-refractivity contribution in [1.29, 1.82) is 0 Å². The van der Waals surface area contributed by atoms with Gasteiger partial charge in [0.1, 0.15) is 11.9 Å². The van der Waals surface area contributed by atoms with Crippen LogP contribution in [0.4, 0.5) is 5.69 Å². The average molecular weight is 322 g/mol. The molecule has 2 heterocycles. The van der Waals surface area contributed by atoms with Crippen molar-refractivity contribution in [3.8, 4) is 5.75 Å². The van der Waals surface area contributed by atoms with Gasteiger partial charge in [0, 0.05) is 18.3 Å². The van der Waals surface area contributed by atoms with E-state index in [1.165, 1.54) is 11.1 Å². The number of hydrogen-bond donors (Lipinski definition) is 0. The molecule has 0 radical (unpaired) electrons. The summed E-state index contributed by atoms with van der Waals surface area (Å²) in [6, 6.07) is 16.3. The number of anilines is 1. The molecule has 2 aliphatic rings. The van der Waals surface area contributed by atoms with Crippen LogP contribution in [0.2, 0.25) is 0 Å². The molecule has 0 saturated carbocycles. The van der Waals surface area contributed by atoms with Gasteiger partial charge in [0.2, 0.25) is 5.91 Å². The van der Waals surface area contributed by atoms with Crippen molar-refractivity contribution in [2.24, 2.45) is 0 Å². The van der Waals surface area contributed by atoms with Gasteiger partial charge in [-0.25, -0.2) is 0 Å². The molecule has 24 heavy (non-hydrogen) atoms. The monoisotopic (exact) mass is 322 g/mol. The lowest BCUT2D eigenvalue weighted by atomic mass is 10.1. The third-order valence-electron chi connectivity index (χ3n) is 5.08. The zero-order chi connectivity index (χ0) is 16.7. The van der Waals surface area contributed by atoms with E-state index in [-0.39, 0.29) is 18.1 Å². The summed E-state index contributed by atoms with van der Waals surface area (Å²) in [6.07, 6.45) is 2.00. The number of amides is 1. The van der Waals surface area contributed by atoms with Gasteiger partial charge in [-0.3, -0.25) is 14.6 Å². The Labute approximate surface area is 142 Å². The third-order valence-corrected chi connectivity index (χ3v) is 5.08. The van der Waals surface area contributed by atoms with E-state index in [1.807, 2.05) is 29.2 Å². The van der Waals surface area contributed by atoms with E-state index >= 15 is 0 Å². The summed E-state index contributed by atoms with van der Waals surface area (Å²) in [5.74, 6) is 0.973. The summed E-state index contributed by atoms with van der Waals surface area (Å²) < 4.78 is 5.35. The van der Waals surface area contributed by atoms with Crippen molar-refractivity contribution in [2.75, 3.05) is 18.6 Å². The van der Waals surface area contributed by atoms with E-state index in [0.29, 0.717) is 0 Å². The molecule has 0 aliphatic carbocycles. The average Bonchev–Trinajstić information content (AvgIpc) is 3.18. The molecule has 1 amide bonds. The van der Waals surface area contributed by atoms with Crippen LogP contribution >= 0.6 is 0 Å². The zero-order valence-corrected chi connectivity index (χ0v) is 14.1. The highest BCUT2D eigenvalue weighted by Crippen LogP contribution is 2.42. The number of nitrogens with zero attached hydrogens (tertiary/aromatic N) is 2. The Kier molecular flexibility index (Phi) is 3.77. The predicted octanol–water partition coefficient (Wildman–Crippen LogP) is 3.51. The molecule has 4 nitrogen and oxygen atoms in total. The van der Waals surface area contributed by atoms with Crippen LogP contribution in [-0.4, -0.2) is 30.5 Å². The smallest absolute Gasteiger partial charge is 0.246 e.